The zero-order chi connectivity index (χ0) is 24.9. The molecule has 0 spiro atoms. The van der Waals surface area contributed by atoms with E-state index in [2.05, 4.69) is 26.0 Å². The number of hydrogen-bond acceptors (Lipinski definition) is 5. The number of para-hydroxylation sites is 2. The van der Waals surface area contributed by atoms with Crippen molar-refractivity contribution in [1.82, 2.24) is 10.6 Å². The fraction of sp³-hybridized carbons (Fsp3) is 0.227. The highest BCUT2D eigenvalue weighted by atomic mass is 32.1. The van der Waals surface area contributed by atoms with Crippen LogP contribution in [0.15, 0.2) is 59.8 Å². The van der Waals surface area contributed by atoms with Crippen LogP contribution in [0, 0.1) is 0 Å². The molecule has 2 aromatic rings. The van der Waals surface area contributed by atoms with Crippen molar-refractivity contribution < 1.29 is 27.4 Å². The van der Waals surface area contributed by atoms with Crippen LogP contribution in [0.4, 0.5) is 24.5 Å². The van der Waals surface area contributed by atoms with Crippen molar-refractivity contribution in [2.75, 3.05) is 17.2 Å². The summed E-state index contributed by atoms with van der Waals surface area (Å²) in [4.78, 5) is 12.5. The molecule has 1 atom stereocenters. The molecule has 12 heteroatoms. The molecule has 1 heterocycles. The Morgan fingerprint density at radius 2 is 1.79 bits per heavy atom. The highest BCUT2D eigenvalue weighted by Crippen LogP contribution is 2.31. The van der Waals surface area contributed by atoms with E-state index in [0.717, 1.165) is 5.56 Å². The molecule has 7 nitrogen and oxygen atoms in total. The number of carbonyl (C=O) groups excluding carboxylic acids is 1. The maximum absolute atomic E-state index is 12.6. The van der Waals surface area contributed by atoms with E-state index < -0.39 is 24.1 Å². The molecule has 1 unspecified atom stereocenters. The second-order valence-corrected chi connectivity index (χ2v) is 7.85. The first-order valence-corrected chi connectivity index (χ1v) is 10.9. The summed E-state index contributed by atoms with van der Waals surface area (Å²) < 4.78 is 47.0. The summed E-state index contributed by atoms with van der Waals surface area (Å²) in [5, 5.41) is 12.0. The summed E-state index contributed by atoms with van der Waals surface area (Å²) in [6, 6.07) is 12.0. The molecule has 3 rings (SSSR count). The Kier molecular flexibility index (Phi) is 7.94. The van der Waals surface area contributed by atoms with Crippen molar-refractivity contribution in [3.8, 4) is 5.75 Å². The van der Waals surface area contributed by atoms with Crippen LogP contribution in [0.1, 0.15) is 25.5 Å². The minimum Gasteiger partial charge on any atom is -0.463 e. The molecule has 0 aromatic heterocycles. The Bertz CT molecular complexity index is 1120. The number of alkyl halides is 3. The number of thiocarbonyl (C=S) groups is 2. The summed E-state index contributed by atoms with van der Waals surface area (Å²) in [5.74, 6) is -0.865. The van der Waals surface area contributed by atoms with Gasteiger partial charge in [0.1, 0.15) is 0 Å². The minimum absolute atomic E-state index is 0.0565. The van der Waals surface area contributed by atoms with E-state index in [1.807, 2.05) is 0 Å². The molecule has 0 saturated heterocycles. The summed E-state index contributed by atoms with van der Waals surface area (Å²) in [6.45, 7) is 3.70. The number of esters is 1. The maximum Gasteiger partial charge on any atom is 0.573 e. The number of hydrogen-bond donors (Lipinski definition) is 4. The molecular weight excluding hydrogens is 489 g/mol. The molecule has 4 N–H and O–H groups in total. The summed E-state index contributed by atoms with van der Waals surface area (Å²) >= 11 is 10.4. The van der Waals surface area contributed by atoms with Gasteiger partial charge in [-0.15, -0.1) is 13.2 Å². The van der Waals surface area contributed by atoms with Gasteiger partial charge in [0.15, 0.2) is 16.0 Å². The highest BCUT2D eigenvalue weighted by Gasteiger charge is 2.32. The zero-order valence-electron chi connectivity index (χ0n) is 18.1. The van der Waals surface area contributed by atoms with E-state index >= 15 is 0 Å². The quantitative estimate of drug-likeness (QED) is 0.325. The molecule has 2 aromatic carbocycles. The van der Waals surface area contributed by atoms with Crippen molar-refractivity contribution in [3.63, 3.8) is 0 Å². The summed E-state index contributed by atoms with van der Waals surface area (Å²) in [6.07, 6.45) is -4.83. The van der Waals surface area contributed by atoms with Gasteiger partial charge in [0.25, 0.3) is 0 Å². The van der Waals surface area contributed by atoms with Crippen molar-refractivity contribution in [1.29, 1.82) is 0 Å². The van der Waals surface area contributed by atoms with Gasteiger partial charge in [-0.2, -0.15) is 0 Å². The SMILES string of the molecule is CCOC(=O)C1=C(C)NC(=S)NC1c1ccc(NC(=S)Nc2ccccc2OC(F)(F)F)cc1. The van der Waals surface area contributed by atoms with Gasteiger partial charge in [-0.3, -0.25) is 0 Å². The second-order valence-electron chi connectivity index (χ2n) is 7.04. The number of nitrogens with one attached hydrogen (secondary N) is 4. The number of anilines is 2. The van der Waals surface area contributed by atoms with Crippen molar-refractivity contribution >= 4 is 52.0 Å². The molecule has 0 fully saturated rings. The molecule has 0 aliphatic carbocycles. The molecule has 1 aliphatic heterocycles. The van der Waals surface area contributed by atoms with Crippen LogP contribution < -0.4 is 26.0 Å². The number of allylic oxidation sites excluding steroid dienone is 1. The maximum atomic E-state index is 12.6. The third kappa shape index (κ3) is 6.58. The largest absolute Gasteiger partial charge is 0.573 e. The number of benzene rings is 2. The lowest BCUT2D eigenvalue weighted by Crippen LogP contribution is -2.45. The fourth-order valence-corrected chi connectivity index (χ4v) is 3.75. The third-order valence-electron chi connectivity index (χ3n) is 4.63. The monoisotopic (exact) mass is 510 g/mol. The predicted octanol–water partition coefficient (Wildman–Crippen LogP) is 4.75. The van der Waals surface area contributed by atoms with Gasteiger partial charge in [-0.05, 0) is 68.1 Å². The predicted molar refractivity (Wildman–Crippen MR) is 130 cm³/mol. The Morgan fingerprint density at radius 1 is 1.12 bits per heavy atom. The highest BCUT2D eigenvalue weighted by molar-refractivity contribution is 7.80. The van der Waals surface area contributed by atoms with Gasteiger partial charge < -0.3 is 30.7 Å². The van der Waals surface area contributed by atoms with E-state index in [0.29, 0.717) is 22.1 Å². The lowest BCUT2D eigenvalue weighted by atomic mass is 9.95. The van der Waals surface area contributed by atoms with Gasteiger partial charge in [0.05, 0.1) is 23.9 Å². The van der Waals surface area contributed by atoms with Crippen LogP contribution in [-0.2, 0) is 9.53 Å². The minimum atomic E-state index is -4.83. The van der Waals surface area contributed by atoms with Crippen LogP contribution in [0.3, 0.4) is 0 Å². The topological polar surface area (TPSA) is 83.7 Å². The molecular formula is C22H21F3N4O3S2. The van der Waals surface area contributed by atoms with Crippen molar-refractivity contribution in [2.24, 2.45) is 0 Å². The van der Waals surface area contributed by atoms with Crippen LogP contribution in [0.2, 0.25) is 0 Å². The van der Waals surface area contributed by atoms with Gasteiger partial charge in [-0.25, -0.2) is 4.79 Å². The average Bonchev–Trinajstić information content (AvgIpc) is 2.74. The number of ether oxygens (including phenoxy) is 2. The van der Waals surface area contributed by atoms with E-state index in [1.165, 1.54) is 18.2 Å². The molecule has 34 heavy (non-hydrogen) atoms. The Balaban J connectivity index is 1.73. The Morgan fingerprint density at radius 3 is 2.44 bits per heavy atom. The molecule has 0 radical (unpaired) electrons. The van der Waals surface area contributed by atoms with Crippen LogP contribution >= 0.6 is 24.4 Å². The van der Waals surface area contributed by atoms with Crippen LogP contribution in [-0.4, -0.2) is 29.2 Å². The van der Waals surface area contributed by atoms with E-state index in [9.17, 15) is 18.0 Å². The normalized spacial score (nSPS) is 15.7. The first-order chi connectivity index (χ1) is 16.1. The number of carbonyl (C=O) groups is 1. The molecule has 1 aliphatic rings. The summed E-state index contributed by atoms with van der Waals surface area (Å²) in [5.41, 5.74) is 2.39. The van der Waals surface area contributed by atoms with E-state index in [4.69, 9.17) is 29.2 Å². The van der Waals surface area contributed by atoms with E-state index in [-0.39, 0.29) is 17.4 Å². The average molecular weight is 511 g/mol. The first kappa shape index (κ1) is 25.2. The standard InChI is InChI=1S/C22H21F3N4O3S2/c1-3-31-19(30)17-12(2)26-20(33)29-18(17)13-8-10-14(11-9-13)27-21(34)28-15-6-4-5-7-16(15)32-22(23,24)25/h4-11,18H,3H2,1-2H3,(H2,26,29,33)(H2,27,28,34). The van der Waals surface area contributed by atoms with Gasteiger partial charge in [-0.1, -0.05) is 24.3 Å². The first-order valence-electron chi connectivity index (χ1n) is 10.1. The third-order valence-corrected chi connectivity index (χ3v) is 5.05. The molecule has 0 saturated carbocycles. The molecule has 0 bridgehead atoms. The smallest absolute Gasteiger partial charge is 0.463 e. The number of rotatable bonds is 6. The zero-order valence-corrected chi connectivity index (χ0v) is 19.7. The summed E-state index contributed by atoms with van der Waals surface area (Å²) in [7, 11) is 0. The lowest BCUT2D eigenvalue weighted by Gasteiger charge is -2.30. The van der Waals surface area contributed by atoms with Gasteiger partial charge in [0.2, 0.25) is 0 Å². The fourth-order valence-electron chi connectivity index (χ4n) is 3.25. The van der Waals surface area contributed by atoms with Gasteiger partial charge in [0, 0.05) is 11.4 Å². The lowest BCUT2D eigenvalue weighted by molar-refractivity contribution is -0.274. The molecule has 0 amide bonds. The molecule has 180 valence electrons. The second kappa shape index (κ2) is 10.7. The Labute approximate surface area is 204 Å². The van der Waals surface area contributed by atoms with Crippen LogP contribution in [0.5, 0.6) is 5.75 Å². The van der Waals surface area contributed by atoms with Crippen molar-refractivity contribution in [3.05, 3.63) is 65.4 Å². The van der Waals surface area contributed by atoms with Crippen LogP contribution in [0.25, 0.3) is 0 Å². The van der Waals surface area contributed by atoms with E-state index in [1.54, 1.807) is 44.2 Å². The van der Waals surface area contributed by atoms with Crippen molar-refractivity contribution in [2.45, 2.75) is 26.3 Å². The number of halogens is 3. The Hall–Kier alpha value is -3.38. The van der Waals surface area contributed by atoms with Gasteiger partial charge >= 0.3 is 12.3 Å².